The summed E-state index contributed by atoms with van der Waals surface area (Å²) in [5.74, 6) is 0. The number of aryl methyl sites for hydroxylation is 2. The summed E-state index contributed by atoms with van der Waals surface area (Å²) in [5, 5.41) is 4.55. The standard InChI is InChI=1S/C44H30N4S2/c1-47-35-15-7-3-11-31(35)39(43-45-33-13-5-9-17-37(33)49-43)41(47)29-23-19-27(20-24-29)28-21-25-30(26-22-28)42-40(32-12-4-8-16-36(32)48(42)2)44-46-34-14-6-10-18-38(34)50-44/h3-26H,1-2H3. The predicted molar refractivity (Wildman–Crippen MR) is 213 cm³/mol. The van der Waals surface area contributed by atoms with Crippen LogP contribution in [0.5, 0.6) is 0 Å². The van der Waals surface area contributed by atoms with Crippen LogP contribution in [0.4, 0.5) is 0 Å². The normalized spacial score (nSPS) is 11.8. The maximum absolute atomic E-state index is 5.09. The third kappa shape index (κ3) is 4.49. The Kier molecular flexibility index (Phi) is 6.63. The molecular formula is C44H30N4S2. The van der Waals surface area contributed by atoms with Crippen LogP contribution in [0, 0.1) is 0 Å². The molecule has 0 unspecified atom stereocenters. The van der Waals surface area contributed by atoms with Crippen molar-refractivity contribution < 1.29 is 0 Å². The Labute approximate surface area is 297 Å². The molecule has 6 heteroatoms. The van der Waals surface area contributed by atoms with E-state index < -0.39 is 0 Å². The Morgan fingerprint density at radius 2 is 0.760 bits per heavy atom. The molecule has 10 rings (SSSR count). The van der Waals surface area contributed by atoms with Gasteiger partial charge in [0.25, 0.3) is 0 Å². The van der Waals surface area contributed by atoms with Crippen LogP contribution < -0.4 is 0 Å². The lowest BCUT2D eigenvalue weighted by molar-refractivity contribution is 0.979. The molecule has 6 aromatic carbocycles. The van der Waals surface area contributed by atoms with E-state index in [4.69, 9.17) is 9.97 Å². The van der Waals surface area contributed by atoms with E-state index in [2.05, 4.69) is 169 Å². The van der Waals surface area contributed by atoms with Crippen molar-refractivity contribution in [3.8, 4) is 54.8 Å². The lowest BCUT2D eigenvalue weighted by atomic mass is 9.98. The molecule has 0 N–H and O–H groups in total. The molecular weight excluding hydrogens is 649 g/mol. The molecule has 50 heavy (non-hydrogen) atoms. The fourth-order valence-electron chi connectivity index (χ4n) is 7.49. The van der Waals surface area contributed by atoms with Crippen molar-refractivity contribution in [3.05, 3.63) is 146 Å². The second kappa shape index (κ2) is 11.4. The first kappa shape index (κ1) is 29.1. The minimum absolute atomic E-state index is 1.04. The monoisotopic (exact) mass is 678 g/mol. The molecule has 4 heterocycles. The average Bonchev–Trinajstić information content (AvgIpc) is 3.93. The fraction of sp³-hybridized carbons (Fsp3) is 0.0455. The summed E-state index contributed by atoms with van der Waals surface area (Å²) in [6.07, 6.45) is 0. The molecule has 4 aromatic heterocycles. The van der Waals surface area contributed by atoms with E-state index in [1.165, 1.54) is 76.0 Å². The van der Waals surface area contributed by atoms with Crippen molar-refractivity contribution in [2.45, 2.75) is 0 Å². The number of hydrogen-bond donors (Lipinski definition) is 0. The summed E-state index contributed by atoms with van der Waals surface area (Å²) in [5.41, 5.74) is 14.0. The van der Waals surface area contributed by atoms with Gasteiger partial charge in [-0.3, -0.25) is 0 Å². The molecule has 0 saturated heterocycles. The summed E-state index contributed by atoms with van der Waals surface area (Å²) in [7, 11) is 4.33. The summed E-state index contributed by atoms with van der Waals surface area (Å²) in [6, 6.07) is 52.1. The zero-order chi connectivity index (χ0) is 33.3. The van der Waals surface area contributed by atoms with Crippen LogP contribution in [-0.4, -0.2) is 19.1 Å². The SMILES string of the molecule is Cn1c(-c2ccc(-c3ccc(-c4c(-c5nc6ccccc6s5)c5ccccc5n4C)cc3)cc2)c(-c2nc3ccccc3s2)c2ccccc21. The molecule has 0 saturated carbocycles. The highest BCUT2D eigenvalue weighted by atomic mass is 32.1. The van der Waals surface area contributed by atoms with Crippen molar-refractivity contribution in [1.29, 1.82) is 0 Å². The first-order valence-corrected chi connectivity index (χ1v) is 18.3. The number of rotatable bonds is 5. The number of fused-ring (bicyclic) bond motifs is 4. The molecule has 0 fully saturated rings. The van der Waals surface area contributed by atoms with Gasteiger partial charge in [-0.05, 0) is 58.7 Å². The number of nitrogens with zero attached hydrogens (tertiary/aromatic N) is 4. The van der Waals surface area contributed by atoms with Crippen molar-refractivity contribution in [2.24, 2.45) is 14.1 Å². The van der Waals surface area contributed by atoms with Crippen molar-refractivity contribution in [2.75, 3.05) is 0 Å². The van der Waals surface area contributed by atoms with Crippen LogP contribution in [0.2, 0.25) is 0 Å². The van der Waals surface area contributed by atoms with Crippen molar-refractivity contribution >= 4 is 64.9 Å². The molecule has 0 bridgehead atoms. The van der Waals surface area contributed by atoms with E-state index in [9.17, 15) is 0 Å². The van der Waals surface area contributed by atoms with Crippen LogP contribution in [0.25, 0.3) is 97.0 Å². The largest absolute Gasteiger partial charge is 0.343 e. The van der Waals surface area contributed by atoms with Gasteiger partial charge >= 0.3 is 0 Å². The molecule has 0 aliphatic heterocycles. The van der Waals surface area contributed by atoms with E-state index in [1.54, 1.807) is 22.7 Å². The van der Waals surface area contributed by atoms with Crippen molar-refractivity contribution in [1.82, 2.24) is 19.1 Å². The smallest absolute Gasteiger partial charge is 0.127 e. The zero-order valence-corrected chi connectivity index (χ0v) is 29.1. The van der Waals surface area contributed by atoms with E-state index in [1.807, 2.05) is 0 Å². The molecule has 0 spiro atoms. The van der Waals surface area contributed by atoms with Gasteiger partial charge < -0.3 is 9.13 Å². The molecule has 10 aromatic rings. The Morgan fingerprint density at radius 1 is 0.400 bits per heavy atom. The topological polar surface area (TPSA) is 35.6 Å². The van der Waals surface area contributed by atoms with Crippen LogP contribution in [0.3, 0.4) is 0 Å². The number of hydrogen-bond acceptors (Lipinski definition) is 4. The van der Waals surface area contributed by atoms with Crippen molar-refractivity contribution in [3.63, 3.8) is 0 Å². The Hall–Kier alpha value is -5.82. The summed E-state index contributed by atoms with van der Waals surface area (Å²) in [6.45, 7) is 0. The van der Waals surface area contributed by atoms with Gasteiger partial charge in [0, 0.05) is 47.0 Å². The first-order valence-electron chi connectivity index (χ1n) is 16.7. The van der Waals surface area contributed by atoms with Crippen LogP contribution in [0.15, 0.2) is 146 Å². The number of thiazole rings is 2. The van der Waals surface area contributed by atoms with Gasteiger partial charge in [0.15, 0.2) is 0 Å². The second-order valence-corrected chi connectivity index (χ2v) is 14.8. The highest BCUT2D eigenvalue weighted by molar-refractivity contribution is 7.22. The average molecular weight is 679 g/mol. The third-order valence-electron chi connectivity index (χ3n) is 9.88. The summed E-state index contributed by atoms with van der Waals surface area (Å²) < 4.78 is 7.03. The van der Waals surface area contributed by atoms with Gasteiger partial charge in [-0.1, -0.05) is 109 Å². The maximum atomic E-state index is 5.09. The molecule has 0 atom stereocenters. The number of aromatic nitrogens is 4. The number of para-hydroxylation sites is 4. The zero-order valence-electron chi connectivity index (χ0n) is 27.5. The van der Waals surface area contributed by atoms with Crippen LogP contribution >= 0.6 is 22.7 Å². The minimum atomic E-state index is 1.04. The number of benzene rings is 6. The third-order valence-corrected chi connectivity index (χ3v) is 12.0. The van der Waals surface area contributed by atoms with Gasteiger partial charge in [-0.15, -0.1) is 22.7 Å². The van der Waals surface area contributed by atoms with Gasteiger partial charge in [0.2, 0.25) is 0 Å². The minimum Gasteiger partial charge on any atom is -0.343 e. The van der Waals surface area contributed by atoms with Gasteiger partial charge in [-0.2, -0.15) is 0 Å². The molecule has 0 aliphatic carbocycles. The van der Waals surface area contributed by atoms with Gasteiger partial charge in [-0.25, -0.2) is 9.97 Å². The highest BCUT2D eigenvalue weighted by Crippen LogP contribution is 2.45. The van der Waals surface area contributed by atoms with E-state index in [0.29, 0.717) is 0 Å². The lowest BCUT2D eigenvalue weighted by Gasteiger charge is -2.11. The Balaban J connectivity index is 1.04. The second-order valence-electron chi connectivity index (χ2n) is 12.7. The maximum Gasteiger partial charge on any atom is 0.127 e. The predicted octanol–water partition coefficient (Wildman–Crippen LogP) is 12.2. The summed E-state index contributed by atoms with van der Waals surface area (Å²) >= 11 is 3.52. The lowest BCUT2D eigenvalue weighted by Crippen LogP contribution is -1.93. The first-order chi connectivity index (χ1) is 24.6. The van der Waals surface area contributed by atoms with Crippen LogP contribution in [-0.2, 0) is 14.1 Å². The Morgan fingerprint density at radius 3 is 1.18 bits per heavy atom. The van der Waals surface area contributed by atoms with E-state index >= 15 is 0 Å². The highest BCUT2D eigenvalue weighted by Gasteiger charge is 2.23. The van der Waals surface area contributed by atoms with Gasteiger partial charge in [0.1, 0.15) is 10.0 Å². The fourth-order valence-corrected chi connectivity index (χ4v) is 9.55. The van der Waals surface area contributed by atoms with Gasteiger partial charge in [0.05, 0.1) is 31.8 Å². The van der Waals surface area contributed by atoms with E-state index in [-0.39, 0.29) is 0 Å². The van der Waals surface area contributed by atoms with Crippen LogP contribution in [0.1, 0.15) is 0 Å². The molecule has 238 valence electrons. The molecule has 0 amide bonds. The molecule has 4 nitrogen and oxygen atoms in total. The summed E-state index contributed by atoms with van der Waals surface area (Å²) in [4.78, 5) is 10.2. The molecule has 0 radical (unpaired) electrons. The quantitative estimate of drug-likeness (QED) is 0.182. The molecule has 0 aliphatic rings. The Bertz CT molecular complexity index is 2620. The van der Waals surface area contributed by atoms with E-state index in [0.717, 1.165) is 21.0 Å².